The zero-order chi connectivity index (χ0) is 20.2. The molecule has 0 saturated carbocycles. The summed E-state index contributed by atoms with van der Waals surface area (Å²) >= 11 is 0. The molecule has 0 saturated heterocycles. The average molecular weight is 402 g/mol. The van der Waals surface area contributed by atoms with E-state index in [0.717, 1.165) is 17.7 Å². The van der Waals surface area contributed by atoms with Crippen molar-refractivity contribution in [1.29, 1.82) is 0 Å². The summed E-state index contributed by atoms with van der Waals surface area (Å²) in [7, 11) is -2.72. The van der Waals surface area contributed by atoms with Crippen LogP contribution in [-0.2, 0) is 21.0 Å². The lowest BCUT2D eigenvalue weighted by Crippen LogP contribution is -2.33. The molecular weight excluding hydrogens is 385 g/mol. The van der Waals surface area contributed by atoms with E-state index in [4.69, 9.17) is 4.74 Å². The van der Waals surface area contributed by atoms with Gasteiger partial charge in [0.15, 0.2) is 0 Å². The lowest BCUT2D eigenvalue weighted by Gasteiger charge is -2.12. The van der Waals surface area contributed by atoms with Gasteiger partial charge in [0, 0.05) is 0 Å². The van der Waals surface area contributed by atoms with Gasteiger partial charge in [0.2, 0.25) is 15.9 Å². The van der Waals surface area contributed by atoms with Gasteiger partial charge in [-0.1, -0.05) is 6.07 Å². The summed E-state index contributed by atoms with van der Waals surface area (Å²) in [6, 6.07) is 8.05. The first kappa shape index (κ1) is 20.7. The molecule has 2 aromatic rings. The molecule has 0 radical (unpaired) electrons. The monoisotopic (exact) mass is 402 g/mol. The number of aryl methyl sites for hydroxylation is 1. The Labute approximate surface area is 154 Å². The molecule has 0 bridgehead atoms. The summed E-state index contributed by atoms with van der Waals surface area (Å²) < 4.78 is 69.0. The van der Waals surface area contributed by atoms with Crippen LogP contribution in [-0.4, -0.2) is 28.0 Å². The van der Waals surface area contributed by atoms with E-state index < -0.39 is 34.2 Å². The number of anilines is 1. The number of methoxy groups -OCH3 is 1. The summed E-state index contributed by atoms with van der Waals surface area (Å²) in [6.45, 7) is 1.21. The zero-order valence-corrected chi connectivity index (χ0v) is 15.2. The molecule has 0 spiro atoms. The summed E-state index contributed by atoms with van der Waals surface area (Å²) in [6.07, 6.45) is -4.57. The zero-order valence-electron chi connectivity index (χ0n) is 14.4. The van der Waals surface area contributed by atoms with Gasteiger partial charge in [-0.3, -0.25) is 4.79 Å². The molecule has 0 aliphatic rings. The first-order valence-electron chi connectivity index (χ1n) is 7.64. The van der Waals surface area contributed by atoms with Crippen LogP contribution in [0.5, 0.6) is 5.75 Å². The summed E-state index contributed by atoms with van der Waals surface area (Å²) in [4.78, 5) is 11.6. The van der Waals surface area contributed by atoms with Gasteiger partial charge in [0.25, 0.3) is 0 Å². The van der Waals surface area contributed by atoms with Crippen molar-refractivity contribution < 1.29 is 31.1 Å². The Morgan fingerprint density at radius 2 is 1.74 bits per heavy atom. The minimum absolute atomic E-state index is 0.372. The Morgan fingerprint density at radius 1 is 1.11 bits per heavy atom. The van der Waals surface area contributed by atoms with Gasteiger partial charge in [-0.2, -0.15) is 13.2 Å². The molecule has 27 heavy (non-hydrogen) atoms. The van der Waals surface area contributed by atoms with Crippen molar-refractivity contribution >= 4 is 21.6 Å². The highest BCUT2D eigenvalue weighted by atomic mass is 32.2. The molecule has 0 fully saturated rings. The quantitative estimate of drug-likeness (QED) is 0.778. The largest absolute Gasteiger partial charge is 0.495 e. The third kappa shape index (κ3) is 5.44. The second-order valence-corrected chi connectivity index (χ2v) is 7.37. The molecule has 0 aliphatic carbocycles. The highest BCUT2D eigenvalue weighted by Gasteiger charge is 2.30. The molecule has 0 heterocycles. The number of amides is 1. The van der Waals surface area contributed by atoms with E-state index in [1.165, 1.54) is 7.11 Å². The highest BCUT2D eigenvalue weighted by molar-refractivity contribution is 7.89. The fraction of sp³-hybridized carbons (Fsp3) is 0.235. The average Bonchev–Trinajstić information content (AvgIpc) is 2.60. The van der Waals surface area contributed by atoms with Crippen molar-refractivity contribution in [3.63, 3.8) is 0 Å². The third-order valence-corrected chi connectivity index (χ3v) is 4.96. The van der Waals surface area contributed by atoms with E-state index in [-0.39, 0.29) is 4.90 Å². The smallest absolute Gasteiger partial charge is 0.416 e. The fourth-order valence-corrected chi connectivity index (χ4v) is 3.16. The van der Waals surface area contributed by atoms with Crippen LogP contribution in [0.2, 0.25) is 0 Å². The number of sulfonamides is 1. The predicted octanol–water partition coefficient (Wildman–Crippen LogP) is 2.94. The Balaban J connectivity index is 2.04. The fourth-order valence-electron chi connectivity index (χ4n) is 2.18. The van der Waals surface area contributed by atoms with Crippen molar-refractivity contribution in [3.05, 3.63) is 53.6 Å². The molecule has 0 aliphatic heterocycles. The second-order valence-electron chi connectivity index (χ2n) is 5.60. The number of alkyl halides is 3. The third-order valence-electron chi connectivity index (χ3n) is 3.54. The summed E-state index contributed by atoms with van der Waals surface area (Å²) in [5.74, 6) is -0.256. The normalized spacial score (nSPS) is 11.9. The van der Waals surface area contributed by atoms with Gasteiger partial charge >= 0.3 is 6.18 Å². The number of nitrogens with one attached hydrogen (secondary N) is 2. The summed E-state index contributed by atoms with van der Waals surface area (Å²) in [5.41, 5.74) is 0.262. The molecule has 2 aromatic carbocycles. The van der Waals surface area contributed by atoms with Gasteiger partial charge in [0.1, 0.15) is 5.75 Å². The first-order chi connectivity index (χ1) is 12.5. The van der Waals surface area contributed by atoms with Crippen molar-refractivity contribution in [1.82, 2.24) is 4.72 Å². The molecule has 10 heteroatoms. The predicted molar refractivity (Wildman–Crippen MR) is 93.0 cm³/mol. The maximum atomic E-state index is 12.5. The van der Waals surface area contributed by atoms with Crippen LogP contribution in [0.25, 0.3) is 0 Å². The molecule has 1 amide bonds. The van der Waals surface area contributed by atoms with Crippen LogP contribution >= 0.6 is 0 Å². The minimum atomic E-state index is -4.57. The number of carbonyl (C=O) groups excluding carboxylic acids is 1. The first-order valence-corrected chi connectivity index (χ1v) is 9.12. The van der Waals surface area contributed by atoms with Crippen LogP contribution in [0.15, 0.2) is 47.4 Å². The van der Waals surface area contributed by atoms with Gasteiger partial charge in [-0.05, 0) is 48.9 Å². The number of rotatable bonds is 6. The SMILES string of the molecule is COc1ccc(C)cc1NC(=O)CNS(=O)(=O)c1ccc(C(F)(F)F)cc1. The van der Waals surface area contributed by atoms with Crippen LogP contribution in [0.4, 0.5) is 18.9 Å². The molecule has 146 valence electrons. The number of hydrogen-bond acceptors (Lipinski definition) is 4. The number of halogens is 3. The van der Waals surface area contributed by atoms with E-state index in [1.54, 1.807) is 18.2 Å². The number of benzene rings is 2. The van der Waals surface area contributed by atoms with E-state index in [0.29, 0.717) is 23.6 Å². The van der Waals surface area contributed by atoms with Crippen LogP contribution in [0.1, 0.15) is 11.1 Å². The van der Waals surface area contributed by atoms with E-state index in [9.17, 15) is 26.4 Å². The van der Waals surface area contributed by atoms with Crippen molar-refractivity contribution in [2.45, 2.75) is 18.0 Å². The van der Waals surface area contributed by atoms with Crippen molar-refractivity contribution in [2.24, 2.45) is 0 Å². The lowest BCUT2D eigenvalue weighted by molar-refractivity contribution is -0.137. The second kappa shape index (κ2) is 7.97. The molecule has 0 aromatic heterocycles. The maximum Gasteiger partial charge on any atom is 0.416 e. The lowest BCUT2D eigenvalue weighted by atomic mass is 10.2. The van der Waals surface area contributed by atoms with Gasteiger partial charge in [-0.15, -0.1) is 0 Å². The standard InChI is InChI=1S/C17H17F3N2O4S/c1-11-3-8-15(26-2)14(9-11)22-16(23)10-21-27(24,25)13-6-4-12(5-7-13)17(18,19)20/h3-9,21H,10H2,1-2H3,(H,22,23). The highest BCUT2D eigenvalue weighted by Crippen LogP contribution is 2.29. The van der Waals surface area contributed by atoms with Crippen molar-refractivity contribution in [2.75, 3.05) is 19.0 Å². The van der Waals surface area contributed by atoms with Crippen molar-refractivity contribution in [3.8, 4) is 5.75 Å². The number of carbonyl (C=O) groups is 1. The Bertz CT molecular complexity index is 926. The van der Waals surface area contributed by atoms with Gasteiger partial charge in [0.05, 0.1) is 29.8 Å². The number of ether oxygens (including phenoxy) is 1. The van der Waals surface area contributed by atoms with Gasteiger partial charge in [-0.25, -0.2) is 13.1 Å². The molecule has 6 nitrogen and oxygen atoms in total. The van der Waals surface area contributed by atoms with E-state index >= 15 is 0 Å². The Kier molecular flexibility index (Phi) is 6.11. The van der Waals surface area contributed by atoms with Crippen LogP contribution in [0, 0.1) is 6.92 Å². The topological polar surface area (TPSA) is 84.5 Å². The molecular formula is C17H17F3N2O4S. The van der Waals surface area contributed by atoms with Gasteiger partial charge < -0.3 is 10.1 Å². The molecule has 0 atom stereocenters. The minimum Gasteiger partial charge on any atom is -0.495 e. The number of hydrogen-bond donors (Lipinski definition) is 2. The van der Waals surface area contributed by atoms with E-state index in [1.807, 2.05) is 11.6 Å². The molecule has 2 N–H and O–H groups in total. The maximum absolute atomic E-state index is 12.5. The molecule has 0 unspecified atom stereocenters. The van der Waals surface area contributed by atoms with Crippen LogP contribution in [0.3, 0.4) is 0 Å². The Hall–Kier alpha value is -2.59. The van der Waals surface area contributed by atoms with E-state index in [2.05, 4.69) is 5.32 Å². The molecule has 2 rings (SSSR count). The van der Waals surface area contributed by atoms with Crippen LogP contribution < -0.4 is 14.8 Å². The Morgan fingerprint density at radius 3 is 2.30 bits per heavy atom. The summed E-state index contributed by atoms with van der Waals surface area (Å²) in [5, 5.41) is 2.52.